The van der Waals surface area contributed by atoms with Crippen LogP contribution in [0.25, 0.3) is 0 Å². The second kappa shape index (κ2) is 8.59. The van der Waals surface area contributed by atoms with Crippen molar-refractivity contribution in [3.8, 4) is 0 Å². The molecule has 2 aliphatic heterocycles. The van der Waals surface area contributed by atoms with Crippen LogP contribution in [0.5, 0.6) is 0 Å². The summed E-state index contributed by atoms with van der Waals surface area (Å²) >= 11 is 1.48. The van der Waals surface area contributed by atoms with E-state index in [1.807, 2.05) is 11.0 Å². The molecule has 0 bridgehead atoms. The number of piperidine rings is 1. The Hall–Kier alpha value is -1.96. The third-order valence-corrected chi connectivity index (χ3v) is 6.54. The zero-order valence-corrected chi connectivity index (χ0v) is 16.8. The van der Waals surface area contributed by atoms with E-state index < -0.39 is 0 Å². The molecule has 7 heteroatoms. The molecule has 6 nitrogen and oxygen atoms in total. The van der Waals surface area contributed by atoms with Gasteiger partial charge < -0.3 is 20.1 Å². The van der Waals surface area contributed by atoms with Gasteiger partial charge in [-0.25, -0.2) is 4.98 Å². The number of ether oxygens (including phenoxy) is 2. The minimum atomic E-state index is -0.190. The summed E-state index contributed by atoms with van der Waals surface area (Å²) in [5.74, 6) is 0.0532. The highest BCUT2D eigenvalue weighted by Crippen LogP contribution is 2.42. The van der Waals surface area contributed by atoms with Crippen LogP contribution >= 0.6 is 11.3 Å². The van der Waals surface area contributed by atoms with Crippen LogP contribution in [0.4, 0.5) is 5.13 Å². The summed E-state index contributed by atoms with van der Waals surface area (Å²) in [7, 11) is 0. The van der Waals surface area contributed by atoms with Crippen molar-refractivity contribution >= 4 is 22.4 Å². The summed E-state index contributed by atoms with van der Waals surface area (Å²) in [4.78, 5) is 19.1. The number of thiazole rings is 1. The number of nitrogens with two attached hydrogens (primary N) is 1. The van der Waals surface area contributed by atoms with Crippen LogP contribution in [0.1, 0.15) is 36.9 Å². The van der Waals surface area contributed by atoms with Crippen LogP contribution in [-0.4, -0.2) is 54.8 Å². The number of hydrogen-bond donors (Lipinski definition) is 1. The van der Waals surface area contributed by atoms with E-state index in [4.69, 9.17) is 15.2 Å². The van der Waals surface area contributed by atoms with Gasteiger partial charge in [0.25, 0.3) is 0 Å². The first-order chi connectivity index (χ1) is 13.7. The van der Waals surface area contributed by atoms with Crippen LogP contribution in [-0.2, 0) is 19.7 Å². The number of carbonyl (C=O) groups excluding carboxylic acids is 1. The standard InChI is InChI=1S/C21H27N3O3S/c22-20-23-18(15-28-20)21(16-5-2-1-3-6-16)8-10-24(11-9-21)19(25)14-26-13-17-7-4-12-27-17/h1-3,5-6,15,17H,4,7-14H2,(H2,22,23). The number of nitrogen functional groups attached to an aromatic ring is 1. The van der Waals surface area contributed by atoms with Crippen molar-refractivity contribution < 1.29 is 14.3 Å². The first kappa shape index (κ1) is 19.4. The third kappa shape index (κ3) is 4.06. The average Bonchev–Trinajstić information content (AvgIpc) is 3.41. The lowest BCUT2D eigenvalue weighted by molar-refractivity contribution is -0.138. The monoisotopic (exact) mass is 401 g/mol. The molecule has 2 aliphatic rings. The van der Waals surface area contributed by atoms with Gasteiger partial charge in [-0.05, 0) is 31.2 Å². The van der Waals surface area contributed by atoms with Crippen molar-refractivity contribution in [1.29, 1.82) is 0 Å². The Labute approximate surface area is 169 Å². The Kier molecular flexibility index (Phi) is 5.94. The Morgan fingerprint density at radius 2 is 2.11 bits per heavy atom. The summed E-state index contributed by atoms with van der Waals surface area (Å²) in [6, 6.07) is 10.4. The minimum absolute atomic E-state index is 0.0532. The highest BCUT2D eigenvalue weighted by atomic mass is 32.1. The van der Waals surface area contributed by atoms with Gasteiger partial charge in [-0.3, -0.25) is 4.79 Å². The van der Waals surface area contributed by atoms with E-state index in [9.17, 15) is 4.79 Å². The van der Waals surface area contributed by atoms with Crippen molar-refractivity contribution in [3.05, 3.63) is 47.0 Å². The topological polar surface area (TPSA) is 77.7 Å². The molecule has 150 valence electrons. The summed E-state index contributed by atoms with van der Waals surface area (Å²) in [6.45, 7) is 2.81. The van der Waals surface area contributed by atoms with E-state index in [2.05, 4.69) is 34.6 Å². The molecule has 3 heterocycles. The maximum absolute atomic E-state index is 12.6. The normalized spacial score (nSPS) is 21.7. The second-order valence-electron chi connectivity index (χ2n) is 7.55. The largest absolute Gasteiger partial charge is 0.376 e. The molecule has 28 heavy (non-hydrogen) atoms. The van der Waals surface area contributed by atoms with Gasteiger partial charge in [-0.2, -0.15) is 0 Å². The molecule has 0 saturated carbocycles. The molecular formula is C21H27N3O3S. The fraction of sp³-hybridized carbons (Fsp3) is 0.524. The van der Waals surface area contributed by atoms with Gasteiger partial charge in [0.15, 0.2) is 5.13 Å². The quantitative estimate of drug-likeness (QED) is 0.805. The van der Waals surface area contributed by atoms with Gasteiger partial charge in [0.05, 0.1) is 18.4 Å². The highest BCUT2D eigenvalue weighted by molar-refractivity contribution is 7.13. The maximum Gasteiger partial charge on any atom is 0.248 e. The Balaban J connectivity index is 1.40. The molecule has 2 aromatic rings. The number of carbonyl (C=O) groups is 1. The predicted octanol–water partition coefficient (Wildman–Crippen LogP) is 2.83. The van der Waals surface area contributed by atoms with Crippen molar-refractivity contribution in [3.63, 3.8) is 0 Å². The van der Waals surface area contributed by atoms with Crippen LogP contribution in [0.3, 0.4) is 0 Å². The van der Waals surface area contributed by atoms with E-state index in [0.717, 1.165) is 38.0 Å². The number of likely N-dealkylation sites (tertiary alicyclic amines) is 1. The van der Waals surface area contributed by atoms with Gasteiger partial charge in [0, 0.05) is 30.5 Å². The van der Waals surface area contributed by atoms with Gasteiger partial charge in [-0.15, -0.1) is 11.3 Å². The molecule has 1 unspecified atom stereocenters. The molecule has 2 N–H and O–H groups in total. The number of anilines is 1. The van der Waals surface area contributed by atoms with Crippen LogP contribution in [0.2, 0.25) is 0 Å². The van der Waals surface area contributed by atoms with Crippen molar-refractivity contribution in [2.75, 3.05) is 38.6 Å². The van der Waals surface area contributed by atoms with Crippen LogP contribution in [0, 0.1) is 0 Å². The lowest BCUT2D eigenvalue weighted by Crippen LogP contribution is -2.47. The molecule has 1 aromatic heterocycles. The zero-order chi connectivity index (χ0) is 19.4. The summed E-state index contributed by atoms with van der Waals surface area (Å²) in [5.41, 5.74) is 7.99. The fourth-order valence-corrected chi connectivity index (χ4v) is 4.90. The molecule has 1 amide bonds. The summed E-state index contributed by atoms with van der Waals surface area (Å²) < 4.78 is 11.2. The average molecular weight is 402 g/mol. The molecule has 2 fully saturated rings. The zero-order valence-electron chi connectivity index (χ0n) is 16.0. The van der Waals surface area contributed by atoms with Crippen molar-refractivity contribution in [2.45, 2.75) is 37.2 Å². The predicted molar refractivity (Wildman–Crippen MR) is 109 cm³/mol. The van der Waals surface area contributed by atoms with Crippen molar-refractivity contribution in [1.82, 2.24) is 9.88 Å². The first-order valence-electron chi connectivity index (χ1n) is 9.91. The molecule has 0 spiro atoms. The van der Waals surface area contributed by atoms with E-state index >= 15 is 0 Å². The summed E-state index contributed by atoms with van der Waals surface area (Å²) in [6.07, 6.45) is 3.91. The lowest BCUT2D eigenvalue weighted by atomic mass is 9.70. The first-order valence-corrected chi connectivity index (χ1v) is 10.8. The van der Waals surface area contributed by atoms with E-state index in [0.29, 0.717) is 24.8 Å². The molecule has 1 atom stereocenters. The third-order valence-electron chi connectivity index (χ3n) is 5.86. The molecule has 0 radical (unpaired) electrons. The highest BCUT2D eigenvalue weighted by Gasteiger charge is 2.40. The molecule has 0 aliphatic carbocycles. The fourth-order valence-electron chi connectivity index (χ4n) is 4.24. The Bertz CT molecular complexity index is 781. The van der Waals surface area contributed by atoms with Crippen LogP contribution in [0.15, 0.2) is 35.7 Å². The smallest absolute Gasteiger partial charge is 0.248 e. The lowest BCUT2D eigenvalue weighted by Gasteiger charge is -2.41. The molecule has 4 rings (SSSR count). The minimum Gasteiger partial charge on any atom is -0.376 e. The number of nitrogens with zero attached hydrogens (tertiary/aromatic N) is 2. The number of rotatable bonds is 6. The van der Waals surface area contributed by atoms with Crippen LogP contribution < -0.4 is 5.73 Å². The Morgan fingerprint density at radius 1 is 1.32 bits per heavy atom. The molecule has 2 saturated heterocycles. The van der Waals surface area contributed by atoms with Gasteiger partial charge in [0.2, 0.25) is 5.91 Å². The molecular weight excluding hydrogens is 374 g/mol. The number of aromatic nitrogens is 1. The maximum atomic E-state index is 12.6. The van der Waals surface area contributed by atoms with E-state index in [1.165, 1.54) is 16.9 Å². The van der Waals surface area contributed by atoms with Crippen molar-refractivity contribution in [2.24, 2.45) is 0 Å². The van der Waals surface area contributed by atoms with Gasteiger partial charge in [-0.1, -0.05) is 30.3 Å². The number of amides is 1. The van der Waals surface area contributed by atoms with Gasteiger partial charge >= 0.3 is 0 Å². The number of hydrogen-bond acceptors (Lipinski definition) is 6. The van der Waals surface area contributed by atoms with E-state index in [-0.39, 0.29) is 24.0 Å². The Morgan fingerprint density at radius 3 is 2.75 bits per heavy atom. The summed E-state index contributed by atoms with van der Waals surface area (Å²) in [5, 5.41) is 2.65. The molecule has 1 aromatic carbocycles. The van der Waals surface area contributed by atoms with E-state index in [1.54, 1.807) is 0 Å². The van der Waals surface area contributed by atoms with Gasteiger partial charge in [0.1, 0.15) is 6.61 Å². The number of benzene rings is 1. The second-order valence-corrected chi connectivity index (χ2v) is 8.44. The SMILES string of the molecule is Nc1nc(C2(c3ccccc3)CCN(C(=O)COCC3CCCO3)CC2)cs1.